The Morgan fingerprint density at radius 3 is 2.36 bits per heavy atom. The van der Waals surface area contributed by atoms with E-state index in [0.29, 0.717) is 5.75 Å². The maximum atomic E-state index is 13.2. The molecule has 1 heterocycles. The monoisotopic (exact) mass is 392 g/mol. The average molecular weight is 392 g/mol. The Kier molecular flexibility index (Phi) is 4.55. The summed E-state index contributed by atoms with van der Waals surface area (Å²) in [7, 11) is -3.86. The number of sulfone groups is 1. The van der Waals surface area contributed by atoms with Crippen molar-refractivity contribution in [3.05, 3.63) is 83.4 Å². The number of hydrogen-bond donors (Lipinski definition) is 0. The van der Waals surface area contributed by atoms with Crippen molar-refractivity contribution < 1.29 is 17.9 Å². The van der Waals surface area contributed by atoms with Gasteiger partial charge in [-0.15, -0.1) is 0 Å². The van der Waals surface area contributed by atoms with Gasteiger partial charge in [0.05, 0.1) is 4.90 Å². The van der Waals surface area contributed by atoms with E-state index < -0.39 is 21.1 Å². The van der Waals surface area contributed by atoms with Gasteiger partial charge in [0.15, 0.2) is 15.1 Å². The van der Waals surface area contributed by atoms with E-state index in [2.05, 4.69) is 0 Å². The topological polar surface area (TPSA) is 60.4 Å². The van der Waals surface area contributed by atoms with Crippen molar-refractivity contribution in [2.24, 2.45) is 0 Å². The lowest BCUT2D eigenvalue weighted by atomic mass is 10.00. The van der Waals surface area contributed by atoms with Crippen LogP contribution in [-0.2, 0) is 21.1 Å². The normalized spacial score (nSPS) is 16.4. The van der Waals surface area contributed by atoms with Crippen LogP contribution in [0.2, 0.25) is 0 Å². The van der Waals surface area contributed by atoms with Crippen LogP contribution < -0.4 is 4.74 Å². The summed E-state index contributed by atoms with van der Waals surface area (Å²) in [5.74, 6) is -0.288. The molecule has 3 aromatic rings. The van der Waals surface area contributed by atoms with Crippen LogP contribution in [0.1, 0.15) is 16.7 Å². The highest BCUT2D eigenvalue weighted by Crippen LogP contribution is 2.32. The van der Waals surface area contributed by atoms with Gasteiger partial charge in [-0.1, -0.05) is 54.1 Å². The molecule has 0 aromatic heterocycles. The third kappa shape index (κ3) is 3.22. The van der Waals surface area contributed by atoms with Crippen molar-refractivity contribution in [3.8, 4) is 16.9 Å². The Hall–Kier alpha value is -2.92. The van der Waals surface area contributed by atoms with Gasteiger partial charge in [0.2, 0.25) is 0 Å². The lowest BCUT2D eigenvalue weighted by Crippen LogP contribution is -2.39. The molecule has 0 spiro atoms. The molecule has 0 saturated carbocycles. The zero-order chi connectivity index (χ0) is 19.9. The highest BCUT2D eigenvalue weighted by atomic mass is 32.2. The van der Waals surface area contributed by atoms with E-state index in [9.17, 15) is 13.2 Å². The summed E-state index contributed by atoms with van der Waals surface area (Å²) in [6.45, 7) is 3.90. The van der Waals surface area contributed by atoms with Crippen molar-refractivity contribution >= 4 is 15.8 Å². The Labute approximate surface area is 164 Å². The number of carbonyl (C=O) groups is 1. The second kappa shape index (κ2) is 6.91. The Morgan fingerprint density at radius 2 is 1.64 bits per heavy atom. The number of benzene rings is 3. The van der Waals surface area contributed by atoms with Crippen LogP contribution in [0.3, 0.4) is 0 Å². The number of ether oxygens (including phenoxy) is 1. The van der Waals surface area contributed by atoms with Gasteiger partial charge >= 0.3 is 5.97 Å². The fourth-order valence-corrected chi connectivity index (χ4v) is 5.13. The fraction of sp³-hybridized carbons (Fsp3) is 0.174. The molecule has 142 valence electrons. The lowest BCUT2D eigenvalue weighted by molar-refractivity contribution is -0.134. The van der Waals surface area contributed by atoms with Crippen molar-refractivity contribution in [1.82, 2.24) is 0 Å². The molecule has 1 aliphatic heterocycles. The van der Waals surface area contributed by atoms with Gasteiger partial charge in [0.25, 0.3) is 0 Å². The van der Waals surface area contributed by atoms with E-state index in [0.717, 1.165) is 27.8 Å². The molecule has 5 heteroatoms. The summed E-state index contributed by atoms with van der Waals surface area (Å²) in [5.41, 5.74) is 4.73. The second-order valence-electron chi connectivity index (χ2n) is 7.11. The second-order valence-corrected chi connectivity index (χ2v) is 9.24. The van der Waals surface area contributed by atoms with Crippen LogP contribution >= 0.6 is 0 Å². The summed E-state index contributed by atoms with van der Waals surface area (Å²) < 4.78 is 31.6. The van der Waals surface area contributed by atoms with Gasteiger partial charge in [-0.25, -0.2) is 8.42 Å². The first-order valence-corrected chi connectivity index (χ1v) is 10.6. The maximum Gasteiger partial charge on any atom is 0.330 e. The molecule has 4 rings (SSSR count). The molecular formula is C23H20O4S. The van der Waals surface area contributed by atoms with Crippen LogP contribution in [0.5, 0.6) is 5.75 Å². The molecule has 0 aliphatic carbocycles. The minimum absolute atomic E-state index is 0.121. The quantitative estimate of drug-likeness (QED) is 0.493. The summed E-state index contributed by atoms with van der Waals surface area (Å²) >= 11 is 0. The van der Waals surface area contributed by atoms with E-state index in [-0.39, 0.29) is 11.3 Å². The summed E-state index contributed by atoms with van der Waals surface area (Å²) in [6, 6.07) is 20.1. The van der Waals surface area contributed by atoms with Crippen molar-refractivity contribution in [2.45, 2.75) is 30.4 Å². The van der Waals surface area contributed by atoms with Crippen molar-refractivity contribution in [2.75, 3.05) is 0 Å². The SMILES string of the molecule is Cc1ccc(-c2ccc(S(=O)(=O)C3Cc4ccccc4OC3=O)cc2C)cc1. The summed E-state index contributed by atoms with van der Waals surface area (Å²) in [6.07, 6.45) is 0.121. The molecule has 0 fully saturated rings. The van der Waals surface area contributed by atoms with Crippen molar-refractivity contribution in [1.29, 1.82) is 0 Å². The smallest absolute Gasteiger partial charge is 0.330 e. The largest absolute Gasteiger partial charge is 0.425 e. The number of hydrogen-bond acceptors (Lipinski definition) is 4. The number of fused-ring (bicyclic) bond motifs is 1. The fourth-order valence-electron chi connectivity index (χ4n) is 3.50. The molecule has 1 unspecified atom stereocenters. The molecule has 0 bridgehead atoms. The molecule has 28 heavy (non-hydrogen) atoms. The molecule has 0 amide bonds. The Bertz CT molecular complexity index is 1160. The van der Waals surface area contributed by atoms with Crippen LogP contribution in [0, 0.1) is 13.8 Å². The first kappa shape index (κ1) is 18.4. The van der Waals surface area contributed by atoms with Gasteiger partial charge in [-0.2, -0.15) is 0 Å². The van der Waals surface area contributed by atoms with Crippen LogP contribution in [0.4, 0.5) is 0 Å². The van der Waals surface area contributed by atoms with Gasteiger partial charge < -0.3 is 4.74 Å². The number of carbonyl (C=O) groups excluding carboxylic acids is 1. The molecule has 0 saturated heterocycles. The molecule has 1 aliphatic rings. The maximum absolute atomic E-state index is 13.2. The highest BCUT2D eigenvalue weighted by molar-refractivity contribution is 7.92. The van der Waals surface area contributed by atoms with E-state index >= 15 is 0 Å². The third-order valence-corrected chi connectivity index (χ3v) is 7.13. The molecule has 0 N–H and O–H groups in total. The van der Waals surface area contributed by atoms with Crippen LogP contribution in [-0.4, -0.2) is 19.6 Å². The molecule has 4 nitrogen and oxygen atoms in total. The Morgan fingerprint density at radius 1 is 0.929 bits per heavy atom. The Balaban J connectivity index is 1.69. The van der Waals surface area contributed by atoms with Crippen LogP contribution in [0.15, 0.2) is 71.6 Å². The minimum Gasteiger partial charge on any atom is -0.425 e. The molecule has 1 atom stereocenters. The molecule has 3 aromatic carbocycles. The predicted molar refractivity (Wildman–Crippen MR) is 108 cm³/mol. The molecular weight excluding hydrogens is 372 g/mol. The minimum atomic E-state index is -3.86. The van der Waals surface area contributed by atoms with Gasteiger partial charge in [-0.3, -0.25) is 4.79 Å². The van der Waals surface area contributed by atoms with E-state index in [4.69, 9.17) is 4.74 Å². The van der Waals surface area contributed by atoms with Gasteiger partial charge in [-0.05, 0) is 54.3 Å². The first-order valence-electron chi connectivity index (χ1n) is 9.07. The zero-order valence-corrected chi connectivity index (χ0v) is 16.5. The lowest BCUT2D eigenvalue weighted by Gasteiger charge is -2.23. The van der Waals surface area contributed by atoms with E-state index in [1.54, 1.807) is 36.4 Å². The zero-order valence-electron chi connectivity index (χ0n) is 15.7. The number of rotatable bonds is 3. The van der Waals surface area contributed by atoms with Gasteiger partial charge in [0.1, 0.15) is 5.75 Å². The molecule has 0 radical (unpaired) electrons. The number of para-hydroxylation sites is 1. The summed E-state index contributed by atoms with van der Waals surface area (Å²) in [4.78, 5) is 12.5. The summed E-state index contributed by atoms with van der Waals surface area (Å²) in [5, 5.41) is -1.23. The van der Waals surface area contributed by atoms with E-state index in [1.165, 1.54) is 0 Å². The third-order valence-electron chi connectivity index (χ3n) is 5.11. The van der Waals surface area contributed by atoms with Gasteiger partial charge in [0, 0.05) is 6.42 Å². The average Bonchev–Trinajstić information content (AvgIpc) is 2.68. The first-order chi connectivity index (χ1) is 13.4. The predicted octanol–water partition coefficient (Wildman–Crippen LogP) is 4.27. The highest BCUT2D eigenvalue weighted by Gasteiger charge is 2.39. The standard InChI is InChI=1S/C23H20O4S/c1-15-7-9-17(10-8-15)20-12-11-19(13-16(20)2)28(25,26)22-14-18-5-3-4-6-21(18)27-23(22)24/h3-13,22H,14H2,1-2H3. The van der Waals surface area contributed by atoms with Crippen LogP contribution in [0.25, 0.3) is 11.1 Å². The van der Waals surface area contributed by atoms with Crippen molar-refractivity contribution in [3.63, 3.8) is 0 Å². The number of esters is 1. The number of aryl methyl sites for hydroxylation is 2. The van der Waals surface area contributed by atoms with E-state index in [1.807, 2.05) is 44.2 Å².